The summed E-state index contributed by atoms with van der Waals surface area (Å²) in [5, 5.41) is 0. The van der Waals surface area contributed by atoms with Crippen LogP contribution >= 0.6 is 0 Å². The van der Waals surface area contributed by atoms with E-state index in [0.717, 1.165) is 12.8 Å². The van der Waals surface area contributed by atoms with E-state index < -0.39 is 11.9 Å². The summed E-state index contributed by atoms with van der Waals surface area (Å²) in [5.74, 6) is -0.179. The summed E-state index contributed by atoms with van der Waals surface area (Å²) in [6, 6.07) is -0.494. The zero-order valence-corrected chi connectivity index (χ0v) is 9.66. The van der Waals surface area contributed by atoms with Gasteiger partial charge in [0.15, 0.2) is 0 Å². The molecule has 1 unspecified atom stereocenters. The monoisotopic (exact) mass is 217 g/mol. The molecule has 0 aliphatic carbocycles. The third-order valence-electron chi connectivity index (χ3n) is 1.83. The van der Waals surface area contributed by atoms with E-state index in [2.05, 4.69) is 0 Å². The summed E-state index contributed by atoms with van der Waals surface area (Å²) in [6.45, 7) is 4.08. The van der Waals surface area contributed by atoms with Gasteiger partial charge in [-0.1, -0.05) is 13.3 Å². The summed E-state index contributed by atoms with van der Waals surface area (Å²) in [6.07, 6.45) is 3.09. The fraction of sp³-hybridized carbons (Fsp3) is 0.800. The highest BCUT2D eigenvalue weighted by molar-refractivity contribution is 5.79. The predicted molar refractivity (Wildman–Crippen MR) is 61.0 cm³/mol. The molecule has 0 heterocycles. The van der Waals surface area contributed by atoms with Gasteiger partial charge in [-0.3, -0.25) is 4.79 Å². The van der Waals surface area contributed by atoms with Gasteiger partial charge in [0.05, 0.1) is 6.04 Å². The van der Waals surface area contributed by atoms with E-state index in [4.69, 9.17) is 17.2 Å². The van der Waals surface area contributed by atoms with Gasteiger partial charge in [-0.2, -0.15) is 0 Å². The molecule has 0 saturated carbocycles. The van der Waals surface area contributed by atoms with Gasteiger partial charge >= 0.3 is 0 Å². The molecule has 0 aromatic heterocycles. The van der Waals surface area contributed by atoms with Crippen LogP contribution in [0.1, 0.15) is 39.5 Å². The number of carbonyl (C=O) groups excluding carboxylic acids is 2. The molecule has 0 aliphatic rings. The maximum atomic E-state index is 10.4. The van der Waals surface area contributed by atoms with Gasteiger partial charge < -0.3 is 22.0 Å². The molecule has 15 heavy (non-hydrogen) atoms. The van der Waals surface area contributed by atoms with Crippen LogP contribution in [0.3, 0.4) is 0 Å². The van der Waals surface area contributed by atoms with Crippen LogP contribution in [-0.4, -0.2) is 24.3 Å². The minimum Gasteiger partial charge on any atom is -0.368 e. The molecular formula is C10H23N3O2. The largest absolute Gasteiger partial charge is 0.368 e. The van der Waals surface area contributed by atoms with Gasteiger partial charge in [0, 0.05) is 6.42 Å². The van der Waals surface area contributed by atoms with Crippen LogP contribution in [0.5, 0.6) is 0 Å². The average Bonchev–Trinajstić information content (AvgIpc) is 2.18. The number of hydrogen-bond donors (Lipinski definition) is 3. The van der Waals surface area contributed by atoms with Crippen molar-refractivity contribution < 1.29 is 9.59 Å². The Morgan fingerprint density at radius 3 is 2.00 bits per heavy atom. The summed E-state index contributed by atoms with van der Waals surface area (Å²) in [7, 11) is 0. The van der Waals surface area contributed by atoms with Gasteiger partial charge in [0.1, 0.15) is 5.78 Å². The molecule has 0 spiro atoms. The van der Waals surface area contributed by atoms with Crippen molar-refractivity contribution in [1.29, 1.82) is 0 Å². The molecule has 5 heteroatoms. The second-order valence-corrected chi connectivity index (χ2v) is 3.35. The summed E-state index contributed by atoms with van der Waals surface area (Å²) in [5.41, 5.74) is 15.5. The van der Waals surface area contributed by atoms with Crippen molar-refractivity contribution in [3.63, 3.8) is 0 Å². The Morgan fingerprint density at radius 1 is 1.27 bits per heavy atom. The first-order valence-electron chi connectivity index (χ1n) is 5.20. The number of ketones is 1. The van der Waals surface area contributed by atoms with Gasteiger partial charge in [0.25, 0.3) is 0 Å². The first-order chi connectivity index (χ1) is 6.95. The van der Waals surface area contributed by atoms with Crippen LogP contribution < -0.4 is 17.2 Å². The molecule has 0 bridgehead atoms. The van der Waals surface area contributed by atoms with Crippen molar-refractivity contribution in [3.05, 3.63) is 0 Å². The van der Waals surface area contributed by atoms with Gasteiger partial charge in [-0.15, -0.1) is 0 Å². The Balaban J connectivity index is 0. The number of rotatable bonds is 6. The Bertz CT molecular complexity index is 184. The first-order valence-corrected chi connectivity index (χ1v) is 5.20. The highest BCUT2D eigenvalue weighted by atomic mass is 16.1. The van der Waals surface area contributed by atoms with Crippen molar-refractivity contribution in [2.75, 3.05) is 6.54 Å². The first kappa shape index (κ1) is 16.5. The maximum absolute atomic E-state index is 10.4. The summed E-state index contributed by atoms with van der Waals surface area (Å²) < 4.78 is 0. The highest BCUT2D eigenvalue weighted by Crippen LogP contribution is 1.96. The van der Waals surface area contributed by atoms with Crippen LogP contribution in [0.2, 0.25) is 0 Å². The lowest BCUT2D eigenvalue weighted by Crippen LogP contribution is -2.36. The van der Waals surface area contributed by atoms with Crippen LogP contribution in [0.4, 0.5) is 0 Å². The number of primary amides is 1. The Kier molecular flexibility index (Phi) is 12.2. The highest BCUT2D eigenvalue weighted by Gasteiger charge is 2.06. The second-order valence-electron chi connectivity index (χ2n) is 3.35. The van der Waals surface area contributed by atoms with E-state index in [0.29, 0.717) is 19.4 Å². The van der Waals surface area contributed by atoms with E-state index in [-0.39, 0.29) is 5.78 Å². The van der Waals surface area contributed by atoms with Crippen LogP contribution in [0.25, 0.3) is 0 Å². The molecule has 0 aromatic rings. The molecular weight excluding hydrogens is 194 g/mol. The molecule has 1 amide bonds. The van der Waals surface area contributed by atoms with E-state index in [1.54, 1.807) is 6.92 Å². The van der Waals surface area contributed by atoms with E-state index >= 15 is 0 Å². The van der Waals surface area contributed by atoms with Gasteiger partial charge in [0.2, 0.25) is 5.91 Å². The lowest BCUT2D eigenvalue weighted by molar-refractivity contribution is -0.119. The Hall–Kier alpha value is -0.940. The summed E-state index contributed by atoms with van der Waals surface area (Å²) in [4.78, 5) is 20.2. The number of unbranched alkanes of at least 4 members (excludes halogenated alkanes) is 1. The van der Waals surface area contributed by atoms with Crippen molar-refractivity contribution in [3.8, 4) is 0 Å². The van der Waals surface area contributed by atoms with Crippen molar-refractivity contribution in [2.24, 2.45) is 17.2 Å². The van der Waals surface area contributed by atoms with Crippen molar-refractivity contribution in [1.82, 2.24) is 0 Å². The number of nitrogens with two attached hydrogens (primary N) is 3. The Morgan fingerprint density at radius 2 is 1.73 bits per heavy atom. The molecule has 0 aliphatic heterocycles. The van der Waals surface area contributed by atoms with Crippen LogP contribution in [-0.2, 0) is 9.59 Å². The molecule has 5 nitrogen and oxygen atoms in total. The third-order valence-corrected chi connectivity index (χ3v) is 1.83. The van der Waals surface area contributed by atoms with Crippen molar-refractivity contribution >= 4 is 11.7 Å². The second kappa shape index (κ2) is 11.1. The number of hydrogen-bond acceptors (Lipinski definition) is 4. The minimum atomic E-state index is -0.494. The molecule has 90 valence electrons. The predicted octanol–water partition coefficient (Wildman–Crippen LogP) is -0.0866. The molecule has 0 saturated heterocycles. The van der Waals surface area contributed by atoms with Crippen LogP contribution in [0, 0.1) is 0 Å². The lowest BCUT2D eigenvalue weighted by atomic mass is 10.1. The van der Waals surface area contributed by atoms with E-state index in [1.807, 2.05) is 6.92 Å². The van der Waals surface area contributed by atoms with Gasteiger partial charge in [-0.05, 0) is 26.3 Å². The molecule has 0 radical (unpaired) electrons. The number of amides is 1. The zero-order valence-electron chi connectivity index (χ0n) is 9.66. The van der Waals surface area contributed by atoms with E-state index in [1.165, 1.54) is 0 Å². The summed E-state index contributed by atoms with van der Waals surface area (Å²) >= 11 is 0. The molecule has 0 aromatic carbocycles. The Labute approximate surface area is 91.4 Å². The maximum Gasteiger partial charge on any atom is 0.234 e. The number of Topliss-reactive ketones (excluding diaryl/α,β-unsaturated/α-hetero) is 1. The molecule has 0 fully saturated rings. The SMILES string of the molecule is CCC(C)=O.NCCCCC(N)C(N)=O. The molecule has 1 atom stereocenters. The quantitative estimate of drug-likeness (QED) is 0.540. The fourth-order valence-corrected chi connectivity index (χ4v) is 0.651. The average molecular weight is 217 g/mol. The topological polar surface area (TPSA) is 112 Å². The smallest absolute Gasteiger partial charge is 0.234 e. The standard InChI is InChI=1S/C6H15N3O.C4H8O/c7-4-2-1-3-5(8)6(9)10;1-3-4(2)5/h5H,1-4,7-8H2,(H2,9,10);3H2,1-2H3. The van der Waals surface area contributed by atoms with Gasteiger partial charge in [-0.25, -0.2) is 0 Å². The normalized spacial score (nSPS) is 11.2. The van der Waals surface area contributed by atoms with E-state index in [9.17, 15) is 9.59 Å². The lowest BCUT2D eigenvalue weighted by Gasteiger charge is -2.04. The number of carbonyl (C=O) groups is 2. The molecule has 6 N–H and O–H groups in total. The third kappa shape index (κ3) is 15.8. The fourth-order valence-electron chi connectivity index (χ4n) is 0.651. The van der Waals surface area contributed by atoms with Crippen molar-refractivity contribution in [2.45, 2.75) is 45.6 Å². The molecule has 0 rings (SSSR count). The van der Waals surface area contributed by atoms with Crippen LogP contribution in [0.15, 0.2) is 0 Å². The zero-order chi connectivity index (χ0) is 12.3. The minimum absolute atomic E-state index is 0.255.